The number of hydrogen-bond donors (Lipinski definition) is 1. The number of aliphatic imine (C=N–C) groups is 1. The first kappa shape index (κ1) is 20.0. The number of imidazole rings is 1. The van der Waals surface area contributed by atoms with Crippen molar-refractivity contribution in [1.82, 2.24) is 14.5 Å². The Morgan fingerprint density at radius 3 is 2.84 bits per heavy atom. The van der Waals surface area contributed by atoms with E-state index in [1.807, 2.05) is 30.0 Å². The molecule has 3 heterocycles. The molecule has 9 nitrogen and oxygen atoms in total. The van der Waals surface area contributed by atoms with Gasteiger partial charge in [-0.05, 0) is 59.8 Å². The number of anilines is 1. The fraction of sp³-hybridized carbons (Fsp3) is 0.429. The highest BCUT2D eigenvalue weighted by atomic mass is 79.9. The van der Waals surface area contributed by atoms with E-state index in [0.29, 0.717) is 29.8 Å². The molecule has 2 aromatic rings. The Kier molecular flexibility index (Phi) is 4.76. The van der Waals surface area contributed by atoms with Crippen LogP contribution in [0.5, 0.6) is 5.75 Å². The van der Waals surface area contributed by atoms with Gasteiger partial charge in [-0.15, -0.1) is 0 Å². The van der Waals surface area contributed by atoms with Crippen LogP contribution >= 0.6 is 15.9 Å². The molecular formula is C21H23BrN6O3. The summed E-state index contributed by atoms with van der Waals surface area (Å²) in [5.74, 6) is 1.03. The van der Waals surface area contributed by atoms with E-state index in [-0.39, 0.29) is 30.4 Å². The number of hydrogen-bond acceptors (Lipinski definition) is 6. The number of amides is 2. The van der Waals surface area contributed by atoms with Gasteiger partial charge in [0.05, 0.1) is 30.2 Å². The number of nitrogens with two attached hydrogens (primary N) is 1. The molecule has 1 aromatic heterocycles. The zero-order valence-corrected chi connectivity index (χ0v) is 18.9. The van der Waals surface area contributed by atoms with Crippen LogP contribution in [0.3, 0.4) is 0 Å². The predicted octanol–water partition coefficient (Wildman–Crippen LogP) is 2.37. The van der Waals surface area contributed by atoms with Crippen LogP contribution in [0.15, 0.2) is 27.7 Å². The van der Waals surface area contributed by atoms with Crippen LogP contribution in [0.25, 0.3) is 0 Å². The van der Waals surface area contributed by atoms with Crippen LogP contribution in [0.4, 0.5) is 5.82 Å². The zero-order chi connectivity index (χ0) is 21.9. The van der Waals surface area contributed by atoms with E-state index >= 15 is 0 Å². The summed E-state index contributed by atoms with van der Waals surface area (Å²) in [5, 5.41) is 0. The number of rotatable bonds is 5. The van der Waals surface area contributed by atoms with Gasteiger partial charge in [0.15, 0.2) is 11.5 Å². The Morgan fingerprint density at radius 2 is 2.16 bits per heavy atom. The number of primary amides is 1. The molecule has 0 unspecified atom stereocenters. The molecule has 10 heteroatoms. The van der Waals surface area contributed by atoms with E-state index in [1.165, 1.54) is 0 Å². The number of halogens is 1. The summed E-state index contributed by atoms with van der Waals surface area (Å²) in [4.78, 5) is 38.9. The predicted molar refractivity (Wildman–Crippen MR) is 119 cm³/mol. The van der Waals surface area contributed by atoms with Crippen LogP contribution in [0.2, 0.25) is 0 Å². The van der Waals surface area contributed by atoms with Crippen molar-refractivity contribution in [3.63, 3.8) is 0 Å². The highest BCUT2D eigenvalue weighted by Gasteiger charge is 2.50. The fourth-order valence-corrected chi connectivity index (χ4v) is 5.43. The van der Waals surface area contributed by atoms with E-state index in [9.17, 15) is 9.59 Å². The molecule has 1 aliphatic carbocycles. The maximum Gasteiger partial charge on any atom is 0.284 e. The van der Waals surface area contributed by atoms with Gasteiger partial charge in [-0.1, -0.05) is 6.07 Å². The summed E-state index contributed by atoms with van der Waals surface area (Å²) in [6.45, 7) is 2.69. The number of ether oxygens (including phenoxy) is 1. The number of fused-ring (bicyclic) bond motifs is 5. The highest BCUT2D eigenvalue weighted by Crippen LogP contribution is 2.41. The van der Waals surface area contributed by atoms with Crippen molar-refractivity contribution in [2.45, 2.75) is 44.8 Å². The van der Waals surface area contributed by atoms with Gasteiger partial charge in [0.2, 0.25) is 11.8 Å². The van der Waals surface area contributed by atoms with Gasteiger partial charge < -0.3 is 15.0 Å². The van der Waals surface area contributed by atoms with Crippen LogP contribution in [-0.4, -0.2) is 58.0 Å². The molecular weight excluding hydrogens is 464 g/mol. The first-order valence-electron chi connectivity index (χ1n) is 10.4. The van der Waals surface area contributed by atoms with Gasteiger partial charge in [-0.25, -0.2) is 9.98 Å². The molecule has 0 radical (unpaired) electrons. The maximum absolute atomic E-state index is 13.5. The molecule has 1 aromatic carbocycles. The largest absolute Gasteiger partial charge is 0.496 e. The third-order valence-corrected chi connectivity index (χ3v) is 6.85. The van der Waals surface area contributed by atoms with Crippen molar-refractivity contribution < 1.29 is 14.3 Å². The minimum Gasteiger partial charge on any atom is -0.496 e. The summed E-state index contributed by atoms with van der Waals surface area (Å²) < 4.78 is 7.72. The highest BCUT2D eigenvalue weighted by molar-refractivity contribution is 9.10. The van der Waals surface area contributed by atoms with Crippen molar-refractivity contribution in [2.75, 3.05) is 18.6 Å². The van der Waals surface area contributed by atoms with E-state index in [1.54, 1.807) is 16.6 Å². The summed E-state index contributed by atoms with van der Waals surface area (Å²) in [6, 6.07) is 5.94. The Morgan fingerprint density at radius 1 is 1.35 bits per heavy atom. The Labute approximate surface area is 188 Å². The molecule has 2 amide bonds. The fourth-order valence-electron chi connectivity index (χ4n) is 4.84. The molecule has 2 aliphatic heterocycles. The first-order chi connectivity index (χ1) is 14.9. The van der Waals surface area contributed by atoms with Crippen LogP contribution < -0.4 is 15.4 Å². The lowest BCUT2D eigenvalue weighted by Gasteiger charge is -2.35. The molecule has 0 bridgehead atoms. The number of aromatic nitrogens is 2. The monoisotopic (exact) mass is 486 g/mol. The van der Waals surface area contributed by atoms with Gasteiger partial charge in [0, 0.05) is 6.54 Å². The lowest BCUT2D eigenvalue weighted by Crippen LogP contribution is -2.53. The van der Waals surface area contributed by atoms with Crippen molar-refractivity contribution in [2.24, 2.45) is 10.7 Å². The molecule has 2 N–H and O–H groups in total. The normalized spacial score (nSPS) is 21.6. The summed E-state index contributed by atoms with van der Waals surface area (Å²) in [6.07, 6.45) is 3.06. The third-order valence-electron chi connectivity index (χ3n) is 6.23. The van der Waals surface area contributed by atoms with Crippen molar-refractivity contribution >= 4 is 39.5 Å². The second-order valence-electron chi connectivity index (χ2n) is 7.94. The standard InChI is InChI=1S/C21H23BrN6O3/c1-3-26-20(30)16-18(28-14-6-4-5-13(14)24-21(26)28)25-19(17(23)29)27(16)10-11-7-8-15(31-2)12(22)9-11/h7-9,13-14H,3-6,10H2,1-2H3,(H2,23,29)/t13-,14+/m1/s1. The molecule has 3 aliphatic rings. The van der Waals surface area contributed by atoms with E-state index in [4.69, 9.17) is 15.5 Å². The Bertz CT molecular complexity index is 1130. The van der Waals surface area contributed by atoms with Crippen LogP contribution in [-0.2, 0) is 6.54 Å². The van der Waals surface area contributed by atoms with Gasteiger partial charge in [0.1, 0.15) is 5.75 Å². The molecule has 31 heavy (non-hydrogen) atoms. The summed E-state index contributed by atoms with van der Waals surface area (Å²) in [7, 11) is 1.60. The van der Waals surface area contributed by atoms with Gasteiger partial charge in [-0.3, -0.25) is 19.4 Å². The molecule has 1 saturated carbocycles. The molecule has 0 spiro atoms. The van der Waals surface area contributed by atoms with Gasteiger partial charge in [0.25, 0.3) is 11.8 Å². The lowest BCUT2D eigenvalue weighted by molar-refractivity contribution is 0.0835. The van der Waals surface area contributed by atoms with Crippen molar-refractivity contribution in [3.05, 3.63) is 39.8 Å². The second kappa shape index (κ2) is 7.37. The minimum absolute atomic E-state index is 0.0732. The zero-order valence-electron chi connectivity index (χ0n) is 17.3. The maximum atomic E-state index is 13.5. The second-order valence-corrected chi connectivity index (χ2v) is 8.80. The molecule has 1 fully saturated rings. The quantitative estimate of drug-likeness (QED) is 0.697. The smallest absolute Gasteiger partial charge is 0.284 e. The molecule has 5 rings (SSSR count). The molecule has 0 saturated heterocycles. The number of carbonyl (C=O) groups excluding carboxylic acids is 2. The van der Waals surface area contributed by atoms with E-state index in [0.717, 1.165) is 29.3 Å². The number of nitrogens with zero attached hydrogens (tertiary/aromatic N) is 5. The van der Waals surface area contributed by atoms with E-state index in [2.05, 4.69) is 20.9 Å². The molecule has 162 valence electrons. The number of carbonyl (C=O) groups is 2. The average Bonchev–Trinajstić information content (AvgIpc) is 3.41. The van der Waals surface area contributed by atoms with Crippen molar-refractivity contribution in [1.29, 1.82) is 0 Å². The SMILES string of the molecule is CCN1C(=O)c2c(nc(C(N)=O)n2Cc2ccc(OC)c(Br)c2)N2C1=N[C@@H]1CCC[C@@H]12. The van der Waals surface area contributed by atoms with Gasteiger partial charge in [-0.2, -0.15) is 0 Å². The van der Waals surface area contributed by atoms with Crippen LogP contribution in [0.1, 0.15) is 52.9 Å². The van der Waals surface area contributed by atoms with Crippen LogP contribution in [0, 0.1) is 0 Å². The first-order valence-corrected chi connectivity index (χ1v) is 11.2. The number of methoxy groups -OCH3 is 1. The molecule has 2 atom stereocenters. The third kappa shape index (κ3) is 2.95. The summed E-state index contributed by atoms with van der Waals surface area (Å²) >= 11 is 3.49. The number of guanidine groups is 1. The minimum atomic E-state index is -0.668. The number of benzene rings is 1. The van der Waals surface area contributed by atoms with E-state index < -0.39 is 5.91 Å². The van der Waals surface area contributed by atoms with Crippen molar-refractivity contribution in [3.8, 4) is 5.75 Å². The topological polar surface area (TPSA) is 106 Å². The van der Waals surface area contributed by atoms with Gasteiger partial charge >= 0.3 is 0 Å². The Balaban J connectivity index is 1.65. The Hall–Kier alpha value is -2.88. The summed E-state index contributed by atoms with van der Waals surface area (Å²) in [5.41, 5.74) is 6.95. The lowest BCUT2D eigenvalue weighted by atomic mass is 10.1. The average molecular weight is 487 g/mol.